The molecule has 1 aromatic rings. The van der Waals surface area contributed by atoms with Crippen molar-refractivity contribution < 1.29 is 14.5 Å². The lowest BCUT2D eigenvalue weighted by molar-refractivity contribution is -0.384. The van der Waals surface area contributed by atoms with Crippen molar-refractivity contribution in [1.82, 2.24) is 0 Å². The van der Waals surface area contributed by atoms with Crippen LogP contribution in [0, 0.1) is 10.1 Å². The Morgan fingerprint density at radius 3 is 2.68 bits per heavy atom. The molecule has 1 fully saturated rings. The second-order valence-corrected chi connectivity index (χ2v) is 4.58. The third-order valence-electron chi connectivity index (χ3n) is 3.45. The van der Waals surface area contributed by atoms with Crippen LogP contribution >= 0.6 is 0 Å². The van der Waals surface area contributed by atoms with Crippen LogP contribution < -0.4 is 4.90 Å². The molecule has 19 heavy (non-hydrogen) atoms. The third kappa shape index (κ3) is 2.90. The molecule has 0 radical (unpaired) electrons. The van der Waals surface area contributed by atoms with Crippen LogP contribution in [0.1, 0.15) is 23.2 Å². The molecule has 2 rings (SSSR count). The number of hydrogen-bond donors (Lipinski definition) is 0. The highest BCUT2D eigenvalue weighted by Crippen LogP contribution is 2.31. The van der Waals surface area contributed by atoms with Gasteiger partial charge in [0.05, 0.1) is 4.92 Å². The summed E-state index contributed by atoms with van der Waals surface area (Å²) in [5, 5.41) is 11.1. The Kier molecular flexibility index (Phi) is 4.11. The van der Waals surface area contributed by atoms with Crippen molar-refractivity contribution in [2.45, 2.75) is 18.9 Å². The Hall–Kier alpha value is -1.95. The maximum absolute atomic E-state index is 11.1. The van der Waals surface area contributed by atoms with Gasteiger partial charge in [0, 0.05) is 37.9 Å². The number of ether oxygens (including phenoxy) is 1. The Bertz CT molecular complexity index is 484. The van der Waals surface area contributed by atoms with Gasteiger partial charge < -0.3 is 9.64 Å². The predicted molar refractivity (Wildman–Crippen MR) is 70.7 cm³/mol. The normalized spacial score (nSPS) is 16.1. The van der Waals surface area contributed by atoms with E-state index in [4.69, 9.17) is 4.74 Å². The number of nitro groups is 1. The van der Waals surface area contributed by atoms with E-state index >= 15 is 0 Å². The summed E-state index contributed by atoms with van der Waals surface area (Å²) in [6, 6.07) is 4.62. The van der Waals surface area contributed by atoms with Gasteiger partial charge >= 0.3 is 0 Å². The van der Waals surface area contributed by atoms with E-state index in [0.29, 0.717) is 30.8 Å². The lowest BCUT2D eigenvalue weighted by Gasteiger charge is -2.32. The van der Waals surface area contributed by atoms with Gasteiger partial charge in [-0.05, 0) is 25.0 Å². The van der Waals surface area contributed by atoms with Crippen LogP contribution in [0.2, 0.25) is 0 Å². The summed E-state index contributed by atoms with van der Waals surface area (Å²) in [5.41, 5.74) is 0.959. The molecule has 1 saturated heterocycles. The first-order valence-corrected chi connectivity index (χ1v) is 6.17. The quantitative estimate of drug-likeness (QED) is 0.472. The molecular weight excluding hydrogens is 248 g/mol. The zero-order valence-electron chi connectivity index (χ0n) is 10.7. The van der Waals surface area contributed by atoms with Gasteiger partial charge in [-0.15, -0.1) is 0 Å². The van der Waals surface area contributed by atoms with Crippen molar-refractivity contribution in [3.8, 4) is 0 Å². The fourth-order valence-electron chi connectivity index (χ4n) is 2.32. The van der Waals surface area contributed by atoms with Crippen molar-refractivity contribution in [3.63, 3.8) is 0 Å². The van der Waals surface area contributed by atoms with Crippen LogP contribution in [-0.4, -0.2) is 37.5 Å². The maximum atomic E-state index is 11.1. The average Bonchev–Trinajstić information content (AvgIpc) is 2.46. The zero-order valence-corrected chi connectivity index (χ0v) is 10.7. The van der Waals surface area contributed by atoms with E-state index < -0.39 is 4.92 Å². The molecule has 1 aliphatic rings. The number of anilines is 1. The van der Waals surface area contributed by atoms with Crippen LogP contribution in [0.4, 0.5) is 11.4 Å². The Balaban J connectivity index is 2.34. The molecule has 0 spiro atoms. The Morgan fingerprint density at radius 2 is 2.11 bits per heavy atom. The van der Waals surface area contributed by atoms with Gasteiger partial charge in [-0.25, -0.2) is 0 Å². The van der Waals surface area contributed by atoms with Gasteiger partial charge in [-0.2, -0.15) is 0 Å². The molecule has 0 amide bonds. The second-order valence-electron chi connectivity index (χ2n) is 4.58. The number of nitrogens with zero attached hydrogens (tertiary/aromatic N) is 2. The van der Waals surface area contributed by atoms with Gasteiger partial charge in [-0.1, -0.05) is 0 Å². The smallest absolute Gasteiger partial charge is 0.292 e. The largest absolute Gasteiger partial charge is 0.381 e. The summed E-state index contributed by atoms with van der Waals surface area (Å²) < 4.78 is 5.29. The minimum Gasteiger partial charge on any atom is -0.381 e. The molecule has 0 aliphatic carbocycles. The second kappa shape index (κ2) is 5.79. The van der Waals surface area contributed by atoms with Crippen LogP contribution in [0.5, 0.6) is 0 Å². The molecular formula is C13H16N2O4. The topological polar surface area (TPSA) is 72.7 Å². The van der Waals surface area contributed by atoms with Crippen LogP contribution in [0.15, 0.2) is 18.2 Å². The van der Waals surface area contributed by atoms with Crippen molar-refractivity contribution >= 4 is 17.7 Å². The summed E-state index contributed by atoms with van der Waals surface area (Å²) >= 11 is 0. The first-order valence-electron chi connectivity index (χ1n) is 6.17. The first-order chi connectivity index (χ1) is 9.13. The summed E-state index contributed by atoms with van der Waals surface area (Å²) in [6.07, 6.45) is 2.36. The monoisotopic (exact) mass is 264 g/mol. The molecule has 0 unspecified atom stereocenters. The van der Waals surface area contributed by atoms with Gasteiger partial charge in [0.1, 0.15) is 12.0 Å². The van der Waals surface area contributed by atoms with Crippen molar-refractivity contribution in [3.05, 3.63) is 33.9 Å². The van der Waals surface area contributed by atoms with Gasteiger partial charge in [0.15, 0.2) is 0 Å². The molecule has 1 aliphatic heterocycles. The SMILES string of the molecule is CN(c1cc(C=O)ccc1[N+](=O)[O-])C1CCOCC1. The lowest BCUT2D eigenvalue weighted by Crippen LogP contribution is -2.37. The van der Waals surface area contributed by atoms with E-state index in [1.54, 1.807) is 6.07 Å². The van der Waals surface area contributed by atoms with Gasteiger partial charge in [-0.3, -0.25) is 14.9 Å². The molecule has 0 N–H and O–H groups in total. The summed E-state index contributed by atoms with van der Waals surface area (Å²) in [6.45, 7) is 1.33. The molecule has 0 aromatic heterocycles. The fourth-order valence-corrected chi connectivity index (χ4v) is 2.32. The molecule has 0 saturated carbocycles. The highest BCUT2D eigenvalue weighted by Gasteiger charge is 2.24. The number of benzene rings is 1. The van der Waals surface area contributed by atoms with Crippen LogP contribution in [-0.2, 0) is 4.74 Å². The van der Waals surface area contributed by atoms with Crippen molar-refractivity contribution in [2.75, 3.05) is 25.2 Å². The molecule has 0 bridgehead atoms. The predicted octanol–water partition coefficient (Wildman–Crippen LogP) is 2.02. The number of nitro benzene ring substituents is 1. The Morgan fingerprint density at radius 1 is 1.42 bits per heavy atom. The van der Waals surface area contributed by atoms with Gasteiger partial charge in [0.2, 0.25) is 0 Å². The number of carbonyl (C=O) groups excluding carboxylic acids is 1. The van der Waals surface area contributed by atoms with E-state index in [1.807, 2.05) is 11.9 Å². The van der Waals surface area contributed by atoms with E-state index in [-0.39, 0.29) is 11.7 Å². The summed E-state index contributed by atoms with van der Waals surface area (Å²) in [7, 11) is 1.83. The molecule has 1 aromatic carbocycles. The zero-order chi connectivity index (χ0) is 13.8. The number of hydrogen-bond acceptors (Lipinski definition) is 5. The first kappa shape index (κ1) is 13.5. The maximum Gasteiger partial charge on any atom is 0.292 e. The summed E-state index contributed by atoms with van der Waals surface area (Å²) in [5.74, 6) is 0. The lowest BCUT2D eigenvalue weighted by atomic mass is 10.1. The van der Waals surface area contributed by atoms with E-state index in [2.05, 4.69) is 0 Å². The third-order valence-corrected chi connectivity index (χ3v) is 3.45. The molecule has 0 atom stereocenters. The van der Waals surface area contributed by atoms with E-state index in [0.717, 1.165) is 12.8 Å². The minimum absolute atomic E-state index is 0.0274. The highest BCUT2D eigenvalue weighted by atomic mass is 16.6. The fraction of sp³-hybridized carbons (Fsp3) is 0.462. The van der Waals surface area contributed by atoms with E-state index in [1.165, 1.54) is 12.1 Å². The number of aldehydes is 1. The average molecular weight is 264 g/mol. The van der Waals surface area contributed by atoms with E-state index in [9.17, 15) is 14.9 Å². The Labute approximate surface area is 111 Å². The highest BCUT2D eigenvalue weighted by molar-refractivity contribution is 5.80. The number of rotatable bonds is 4. The molecule has 6 nitrogen and oxygen atoms in total. The standard InChI is InChI=1S/C13H16N2O4/c1-14(11-4-6-19-7-5-11)13-8-10(9-16)2-3-12(13)15(17)18/h2-3,8-9,11H,4-7H2,1H3. The van der Waals surface area contributed by atoms with Crippen LogP contribution in [0.3, 0.4) is 0 Å². The minimum atomic E-state index is -0.417. The molecule has 1 heterocycles. The molecule has 6 heteroatoms. The van der Waals surface area contributed by atoms with Crippen molar-refractivity contribution in [1.29, 1.82) is 0 Å². The summed E-state index contributed by atoms with van der Waals surface area (Å²) in [4.78, 5) is 23.4. The van der Waals surface area contributed by atoms with Gasteiger partial charge in [0.25, 0.3) is 5.69 Å². The van der Waals surface area contributed by atoms with Crippen molar-refractivity contribution in [2.24, 2.45) is 0 Å². The number of carbonyl (C=O) groups is 1. The van der Waals surface area contributed by atoms with Crippen LogP contribution in [0.25, 0.3) is 0 Å². The molecule has 102 valence electrons.